The van der Waals surface area contributed by atoms with E-state index in [1.165, 1.54) is 11.8 Å². The van der Waals surface area contributed by atoms with E-state index in [0.29, 0.717) is 0 Å². The van der Waals surface area contributed by atoms with Gasteiger partial charge in [-0.05, 0) is 11.5 Å². The van der Waals surface area contributed by atoms with Gasteiger partial charge in [0.25, 0.3) is 0 Å². The van der Waals surface area contributed by atoms with Crippen LogP contribution in [0, 0.1) is 0 Å². The number of rotatable bonds is 0. The Balaban J connectivity index is 2.65. The van der Waals surface area contributed by atoms with E-state index >= 15 is 0 Å². The van der Waals surface area contributed by atoms with Gasteiger partial charge in [-0.25, -0.2) is 4.98 Å². The fourth-order valence-electron chi connectivity index (χ4n) is 1.60. The number of benzene rings is 2. The summed E-state index contributed by atoms with van der Waals surface area (Å²) in [5.41, 5.74) is 1.79. The third kappa shape index (κ3) is 0.855. The monoisotopic (exact) mass is 169 g/mol. The Labute approximate surface area is 74.8 Å². The van der Waals surface area contributed by atoms with Crippen molar-refractivity contribution in [3.63, 3.8) is 0 Å². The van der Waals surface area contributed by atoms with E-state index in [9.17, 15) is 0 Å². The predicted molar refractivity (Wildman–Crippen MR) is 51.5 cm³/mol. The predicted octanol–water partition coefficient (Wildman–Crippen LogP) is 2.98. The highest BCUT2D eigenvalue weighted by Crippen LogP contribution is 2.23. The van der Waals surface area contributed by atoms with Gasteiger partial charge < -0.3 is 4.42 Å². The van der Waals surface area contributed by atoms with Crippen LogP contribution < -0.4 is 0 Å². The van der Waals surface area contributed by atoms with Crippen LogP contribution in [0.4, 0.5) is 0 Å². The van der Waals surface area contributed by atoms with Crippen LogP contribution in [0.15, 0.2) is 47.2 Å². The lowest BCUT2D eigenvalue weighted by Crippen LogP contribution is -1.73. The lowest BCUT2D eigenvalue weighted by Gasteiger charge is -1.95. The molecule has 0 saturated carbocycles. The molecule has 2 heteroatoms. The van der Waals surface area contributed by atoms with Gasteiger partial charge in [0.05, 0.1) is 0 Å². The smallest absolute Gasteiger partial charge is 0.182 e. The minimum atomic E-state index is 0.846. The Bertz CT molecular complexity index is 568. The Morgan fingerprint density at radius 3 is 2.92 bits per heavy atom. The summed E-state index contributed by atoms with van der Waals surface area (Å²) in [6.07, 6.45) is 1.48. The maximum atomic E-state index is 5.21. The Kier molecular flexibility index (Phi) is 1.19. The SMILES string of the molecule is c1ccc2c(c1)ccc1ocnc12. The zero-order valence-electron chi connectivity index (χ0n) is 6.90. The number of hydrogen-bond acceptors (Lipinski definition) is 2. The van der Waals surface area contributed by atoms with Gasteiger partial charge in [0.2, 0.25) is 0 Å². The number of oxazole rings is 1. The van der Waals surface area contributed by atoms with Crippen LogP contribution in [0.25, 0.3) is 21.9 Å². The van der Waals surface area contributed by atoms with Gasteiger partial charge in [-0.3, -0.25) is 0 Å². The maximum absolute atomic E-state index is 5.21. The maximum Gasteiger partial charge on any atom is 0.182 e. The number of aromatic nitrogens is 1. The van der Waals surface area contributed by atoms with Gasteiger partial charge in [-0.1, -0.05) is 30.3 Å². The van der Waals surface area contributed by atoms with Crippen molar-refractivity contribution >= 4 is 21.9 Å². The van der Waals surface area contributed by atoms with Crippen LogP contribution in [0.2, 0.25) is 0 Å². The van der Waals surface area contributed by atoms with Crippen LogP contribution in [0.3, 0.4) is 0 Å². The van der Waals surface area contributed by atoms with Gasteiger partial charge in [-0.2, -0.15) is 0 Å². The van der Waals surface area contributed by atoms with Gasteiger partial charge >= 0.3 is 0 Å². The number of fused-ring (bicyclic) bond motifs is 3. The Morgan fingerprint density at radius 2 is 1.92 bits per heavy atom. The zero-order valence-corrected chi connectivity index (χ0v) is 6.90. The minimum absolute atomic E-state index is 0.846. The molecule has 2 aromatic carbocycles. The van der Waals surface area contributed by atoms with E-state index in [-0.39, 0.29) is 0 Å². The molecule has 3 aromatic rings. The molecule has 62 valence electrons. The average Bonchev–Trinajstić information content (AvgIpc) is 2.65. The highest BCUT2D eigenvalue weighted by molar-refractivity contribution is 6.03. The second-order valence-corrected chi connectivity index (χ2v) is 2.99. The van der Waals surface area contributed by atoms with Crippen LogP contribution in [-0.4, -0.2) is 4.98 Å². The minimum Gasteiger partial charge on any atom is -0.443 e. The van der Waals surface area contributed by atoms with Crippen molar-refractivity contribution in [1.29, 1.82) is 0 Å². The third-order valence-electron chi connectivity index (χ3n) is 2.23. The molecule has 0 aliphatic carbocycles. The summed E-state index contributed by atoms with van der Waals surface area (Å²) < 4.78 is 5.21. The fraction of sp³-hybridized carbons (Fsp3) is 0. The highest BCUT2D eigenvalue weighted by atomic mass is 16.3. The summed E-state index contributed by atoms with van der Waals surface area (Å²) in [6.45, 7) is 0. The van der Waals surface area contributed by atoms with Crippen LogP contribution >= 0.6 is 0 Å². The van der Waals surface area contributed by atoms with Crippen molar-refractivity contribution in [3.05, 3.63) is 42.8 Å². The van der Waals surface area contributed by atoms with Crippen molar-refractivity contribution < 1.29 is 4.42 Å². The summed E-state index contributed by atoms with van der Waals surface area (Å²) in [7, 11) is 0. The largest absolute Gasteiger partial charge is 0.443 e. The first-order chi connectivity index (χ1) is 6.45. The van der Waals surface area contributed by atoms with Crippen LogP contribution in [-0.2, 0) is 0 Å². The second-order valence-electron chi connectivity index (χ2n) is 2.99. The first-order valence-corrected chi connectivity index (χ1v) is 4.16. The summed E-state index contributed by atoms with van der Waals surface area (Å²) >= 11 is 0. The van der Waals surface area contributed by atoms with Gasteiger partial charge in [-0.15, -0.1) is 0 Å². The second kappa shape index (κ2) is 2.33. The first kappa shape index (κ1) is 6.66. The van der Waals surface area contributed by atoms with E-state index in [1.807, 2.05) is 24.3 Å². The number of hydrogen-bond donors (Lipinski definition) is 0. The van der Waals surface area contributed by atoms with Gasteiger partial charge in [0, 0.05) is 5.39 Å². The van der Waals surface area contributed by atoms with E-state index in [4.69, 9.17) is 4.42 Å². The van der Waals surface area contributed by atoms with Crippen molar-refractivity contribution in [2.45, 2.75) is 0 Å². The molecule has 3 rings (SSSR count). The molecule has 1 heterocycles. The quantitative estimate of drug-likeness (QED) is 0.517. The lowest BCUT2D eigenvalue weighted by atomic mass is 10.1. The normalized spacial score (nSPS) is 11.1. The molecule has 0 saturated heterocycles. The molecule has 0 unspecified atom stereocenters. The first-order valence-electron chi connectivity index (χ1n) is 4.16. The van der Waals surface area contributed by atoms with Gasteiger partial charge in [0.1, 0.15) is 5.52 Å². The highest BCUT2D eigenvalue weighted by Gasteiger charge is 2.01. The molecule has 0 bridgehead atoms. The summed E-state index contributed by atoms with van der Waals surface area (Å²) in [4.78, 5) is 4.18. The molecule has 2 nitrogen and oxygen atoms in total. The van der Waals surface area contributed by atoms with E-state index < -0.39 is 0 Å². The van der Waals surface area contributed by atoms with E-state index in [1.54, 1.807) is 0 Å². The average molecular weight is 169 g/mol. The summed E-state index contributed by atoms with van der Waals surface area (Å²) in [5, 5.41) is 2.35. The van der Waals surface area contributed by atoms with Gasteiger partial charge in [0.15, 0.2) is 12.0 Å². The molecule has 0 spiro atoms. The van der Waals surface area contributed by atoms with Crippen molar-refractivity contribution in [2.75, 3.05) is 0 Å². The van der Waals surface area contributed by atoms with E-state index in [0.717, 1.165) is 16.5 Å². The Morgan fingerprint density at radius 1 is 1.00 bits per heavy atom. The molecule has 0 aliphatic rings. The molecule has 0 atom stereocenters. The topological polar surface area (TPSA) is 26.0 Å². The summed E-state index contributed by atoms with van der Waals surface area (Å²) in [6, 6.07) is 12.2. The fourth-order valence-corrected chi connectivity index (χ4v) is 1.60. The van der Waals surface area contributed by atoms with E-state index in [2.05, 4.69) is 17.1 Å². The molecule has 0 amide bonds. The van der Waals surface area contributed by atoms with Crippen LogP contribution in [0.5, 0.6) is 0 Å². The molecule has 0 aliphatic heterocycles. The van der Waals surface area contributed by atoms with Crippen molar-refractivity contribution in [2.24, 2.45) is 0 Å². The van der Waals surface area contributed by atoms with Crippen LogP contribution in [0.1, 0.15) is 0 Å². The number of nitrogens with zero attached hydrogens (tertiary/aromatic N) is 1. The lowest BCUT2D eigenvalue weighted by molar-refractivity contribution is 0.602. The van der Waals surface area contributed by atoms with Crippen molar-refractivity contribution in [3.8, 4) is 0 Å². The third-order valence-corrected chi connectivity index (χ3v) is 2.23. The summed E-state index contributed by atoms with van der Waals surface area (Å²) in [5.74, 6) is 0. The molecule has 13 heavy (non-hydrogen) atoms. The molecule has 0 N–H and O–H groups in total. The molecular weight excluding hydrogens is 162 g/mol. The standard InChI is InChI=1S/C11H7NO/c1-2-4-9-8(3-1)5-6-10-11(9)12-7-13-10/h1-7H. The zero-order chi connectivity index (χ0) is 8.67. The Hall–Kier alpha value is -1.83. The molecular formula is C11H7NO. The molecule has 1 aromatic heterocycles. The van der Waals surface area contributed by atoms with Crippen molar-refractivity contribution in [1.82, 2.24) is 4.98 Å². The molecule has 0 fully saturated rings. The molecule has 0 radical (unpaired) electrons.